The number of benzene rings is 1. The van der Waals surface area contributed by atoms with Crippen molar-refractivity contribution in [3.05, 3.63) is 29.8 Å². The van der Waals surface area contributed by atoms with Gasteiger partial charge in [0.05, 0.1) is 18.6 Å². The highest BCUT2D eigenvalue weighted by atomic mass is 16.5. The number of carbonyl (C=O) groups excluding carboxylic acids is 1. The molecule has 5 nitrogen and oxygen atoms in total. The Balaban J connectivity index is 2.51. The van der Waals surface area contributed by atoms with Gasteiger partial charge in [0.15, 0.2) is 0 Å². The molecule has 20 heavy (non-hydrogen) atoms. The molecule has 0 spiro atoms. The standard InChI is InChI=1S/C15H24N2O3/c1-15(2,14(19)16-3)10-17-9-13(18)11-6-5-7-12(8-11)20-4/h5-8,13,17-18H,9-10H2,1-4H3,(H,16,19). The molecule has 3 N–H and O–H groups in total. The van der Waals surface area contributed by atoms with Gasteiger partial charge in [-0.2, -0.15) is 0 Å². The van der Waals surface area contributed by atoms with E-state index in [-0.39, 0.29) is 5.91 Å². The lowest BCUT2D eigenvalue weighted by atomic mass is 9.92. The van der Waals surface area contributed by atoms with Crippen LogP contribution in [-0.2, 0) is 4.79 Å². The topological polar surface area (TPSA) is 70.6 Å². The smallest absolute Gasteiger partial charge is 0.226 e. The first-order valence-corrected chi connectivity index (χ1v) is 6.65. The lowest BCUT2D eigenvalue weighted by Gasteiger charge is -2.24. The van der Waals surface area contributed by atoms with Gasteiger partial charge in [-0.3, -0.25) is 4.79 Å². The number of methoxy groups -OCH3 is 1. The molecule has 0 aromatic heterocycles. The quantitative estimate of drug-likeness (QED) is 0.699. The lowest BCUT2D eigenvalue weighted by molar-refractivity contribution is -0.128. The number of nitrogens with one attached hydrogen (secondary N) is 2. The predicted molar refractivity (Wildman–Crippen MR) is 78.7 cm³/mol. The van der Waals surface area contributed by atoms with Crippen molar-refractivity contribution in [3.63, 3.8) is 0 Å². The monoisotopic (exact) mass is 280 g/mol. The SMILES string of the molecule is CNC(=O)C(C)(C)CNCC(O)c1cccc(OC)c1. The molecule has 0 bridgehead atoms. The summed E-state index contributed by atoms with van der Waals surface area (Å²) in [7, 11) is 3.21. The number of amides is 1. The highest BCUT2D eigenvalue weighted by Gasteiger charge is 2.26. The number of hydrogen-bond donors (Lipinski definition) is 3. The van der Waals surface area contributed by atoms with E-state index in [1.807, 2.05) is 32.0 Å². The highest BCUT2D eigenvalue weighted by Crippen LogP contribution is 2.19. The predicted octanol–water partition coefficient (Wildman–Crippen LogP) is 1.09. The maximum atomic E-state index is 11.6. The molecule has 0 heterocycles. The van der Waals surface area contributed by atoms with Crippen LogP contribution in [0.1, 0.15) is 25.5 Å². The van der Waals surface area contributed by atoms with E-state index in [0.29, 0.717) is 18.8 Å². The second-order valence-electron chi connectivity index (χ2n) is 5.39. The molecule has 0 saturated heterocycles. The Morgan fingerprint density at radius 3 is 2.75 bits per heavy atom. The van der Waals surface area contributed by atoms with Crippen LogP contribution in [-0.4, -0.2) is 38.3 Å². The number of aliphatic hydroxyl groups excluding tert-OH is 1. The first-order chi connectivity index (χ1) is 9.40. The largest absolute Gasteiger partial charge is 0.497 e. The van der Waals surface area contributed by atoms with Crippen molar-refractivity contribution in [1.29, 1.82) is 0 Å². The molecule has 0 saturated carbocycles. The fourth-order valence-electron chi connectivity index (χ4n) is 1.91. The van der Waals surface area contributed by atoms with Crippen LogP contribution in [0.15, 0.2) is 24.3 Å². The normalized spacial score (nSPS) is 12.8. The van der Waals surface area contributed by atoms with E-state index in [1.165, 1.54) is 0 Å². The zero-order valence-electron chi connectivity index (χ0n) is 12.6. The molecule has 0 aliphatic heterocycles. The molecule has 1 aromatic rings. The van der Waals surface area contributed by atoms with Crippen LogP contribution in [0.4, 0.5) is 0 Å². The average Bonchev–Trinajstić information content (AvgIpc) is 2.46. The average molecular weight is 280 g/mol. The third-order valence-corrected chi connectivity index (χ3v) is 3.22. The lowest BCUT2D eigenvalue weighted by Crippen LogP contribution is -2.42. The molecular formula is C15H24N2O3. The Morgan fingerprint density at radius 2 is 2.15 bits per heavy atom. The van der Waals surface area contributed by atoms with Crippen molar-refractivity contribution < 1.29 is 14.6 Å². The zero-order valence-corrected chi connectivity index (χ0v) is 12.6. The summed E-state index contributed by atoms with van der Waals surface area (Å²) in [6.45, 7) is 4.59. The summed E-state index contributed by atoms with van der Waals surface area (Å²) in [5, 5.41) is 15.9. The molecule has 1 rings (SSSR count). The molecule has 1 aromatic carbocycles. The van der Waals surface area contributed by atoms with Crippen LogP contribution in [0.25, 0.3) is 0 Å². The van der Waals surface area contributed by atoms with E-state index in [1.54, 1.807) is 20.2 Å². The van der Waals surface area contributed by atoms with Crippen molar-refractivity contribution >= 4 is 5.91 Å². The van der Waals surface area contributed by atoms with Crippen molar-refractivity contribution in [2.45, 2.75) is 20.0 Å². The van der Waals surface area contributed by atoms with Gasteiger partial charge in [-0.15, -0.1) is 0 Å². The van der Waals surface area contributed by atoms with Crippen molar-refractivity contribution in [1.82, 2.24) is 10.6 Å². The second kappa shape index (κ2) is 7.26. The van der Waals surface area contributed by atoms with E-state index in [2.05, 4.69) is 10.6 Å². The van der Waals surface area contributed by atoms with Crippen LogP contribution in [0.3, 0.4) is 0 Å². The van der Waals surface area contributed by atoms with Crippen LogP contribution in [0, 0.1) is 5.41 Å². The van der Waals surface area contributed by atoms with Gasteiger partial charge >= 0.3 is 0 Å². The third kappa shape index (κ3) is 4.51. The summed E-state index contributed by atoms with van der Waals surface area (Å²) < 4.78 is 5.13. The van der Waals surface area contributed by atoms with Gasteiger partial charge in [-0.25, -0.2) is 0 Å². The minimum Gasteiger partial charge on any atom is -0.497 e. The summed E-state index contributed by atoms with van der Waals surface area (Å²) in [5.41, 5.74) is 0.276. The Morgan fingerprint density at radius 1 is 1.45 bits per heavy atom. The van der Waals surface area contributed by atoms with Crippen LogP contribution in [0.2, 0.25) is 0 Å². The minimum absolute atomic E-state index is 0.0270. The zero-order chi connectivity index (χ0) is 15.2. The first-order valence-electron chi connectivity index (χ1n) is 6.65. The molecule has 112 valence electrons. The van der Waals surface area contributed by atoms with Crippen LogP contribution < -0.4 is 15.4 Å². The van der Waals surface area contributed by atoms with E-state index in [9.17, 15) is 9.90 Å². The molecular weight excluding hydrogens is 256 g/mol. The molecule has 1 atom stereocenters. The van der Waals surface area contributed by atoms with Gasteiger partial charge in [0.2, 0.25) is 5.91 Å². The van der Waals surface area contributed by atoms with Gasteiger partial charge in [0.25, 0.3) is 0 Å². The van der Waals surface area contributed by atoms with Gasteiger partial charge < -0.3 is 20.5 Å². The fourth-order valence-corrected chi connectivity index (χ4v) is 1.91. The molecule has 1 amide bonds. The van der Waals surface area contributed by atoms with Gasteiger partial charge in [0.1, 0.15) is 5.75 Å². The maximum Gasteiger partial charge on any atom is 0.226 e. The summed E-state index contributed by atoms with van der Waals surface area (Å²) in [4.78, 5) is 11.6. The van der Waals surface area contributed by atoms with Crippen LogP contribution >= 0.6 is 0 Å². The van der Waals surface area contributed by atoms with Crippen molar-refractivity contribution in [2.75, 3.05) is 27.2 Å². The Hall–Kier alpha value is -1.59. The highest BCUT2D eigenvalue weighted by molar-refractivity contribution is 5.81. The minimum atomic E-state index is -0.634. The van der Waals surface area contributed by atoms with E-state index < -0.39 is 11.5 Å². The van der Waals surface area contributed by atoms with E-state index >= 15 is 0 Å². The summed E-state index contributed by atoms with van der Waals surface area (Å²) in [5.74, 6) is 0.688. The summed E-state index contributed by atoms with van der Waals surface area (Å²) >= 11 is 0. The summed E-state index contributed by atoms with van der Waals surface area (Å²) in [6, 6.07) is 7.32. The maximum absolute atomic E-state index is 11.6. The van der Waals surface area contributed by atoms with Gasteiger partial charge in [0, 0.05) is 20.1 Å². The Kier molecular flexibility index (Phi) is 5.98. The Labute approximate surface area is 120 Å². The molecule has 0 aliphatic rings. The molecule has 5 heteroatoms. The Bertz CT molecular complexity index is 446. The van der Waals surface area contributed by atoms with Gasteiger partial charge in [-0.1, -0.05) is 12.1 Å². The number of carbonyl (C=O) groups is 1. The fraction of sp³-hybridized carbons (Fsp3) is 0.533. The number of hydrogen-bond acceptors (Lipinski definition) is 4. The molecule has 0 aliphatic carbocycles. The third-order valence-electron chi connectivity index (χ3n) is 3.22. The van der Waals surface area contributed by atoms with E-state index in [4.69, 9.17) is 4.74 Å². The molecule has 0 fully saturated rings. The number of rotatable bonds is 7. The number of aliphatic hydroxyl groups is 1. The molecule has 1 unspecified atom stereocenters. The van der Waals surface area contributed by atoms with Crippen molar-refractivity contribution in [2.24, 2.45) is 5.41 Å². The number of ether oxygens (including phenoxy) is 1. The second-order valence-corrected chi connectivity index (χ2v) is 5.39. The first kappa shape index (κ1) is 16.5. The van der Waals surface area contributed by atoms with E-state index in [0.717, 1.165) is 5.56 Å². The molecule has 0 radical (unpaired) electrons. The van der Waals surface area contributed by atoms with Crippen molar-refractivity contribution in [3.8, 4) is 5.75 Å². The summed E-state index contributed by atoms with van der Waals surface area (Å²) in [6.07, 6.45) is -0.634. The van der Waals surface area contributed by atoms with Gasteiger partial charge in [-0.05, 0) is 31.5 Å². The van der Waals surface area contributed by atoms with Crippen LogP contribution in [0.5, 0.6) is 5.75 Å².